The van der Waals surface area contributed by atoms with Gasteiger partial charge < -0.3 is 0 Å². The van der Waals surface area contributed by atoms with E-state index in [2.05, 4.69) is 20.8 Å². The maximum absolute atomic E-state index is 13.1. The molecule has 0 saturated carbocycles. The third kappa shape index (κ3) is 3.04. The predicted molar refractivity (Wildman–Crippen MR) is 77.9 cm³/mol. The Bertz CT molecular complexity index is 625. The standard InChI is InChI=1S/C15H14ClFOS/c1-15(2,3)13-7-6-12(19-13)14(18)9-4-5-11(17)10(16)8-9/h4-8H,1-3H3. The molecule has 1 aromatic heterocycles. The molecule has 1 nitrogen and oxygen atoms in total. The molecule has 0 aliphatic heterocycles. The molecule has 0 radical (unpaired) electrons. The second kappa shape index (κ2) is 5.06. The first kappa shape index (κ1) is 14.2. The van der Waals surface area contributed by atoms with Crippen molar-refractivity contribution in [3.05, 3.63) is 56.5 Å². The SMILES string of the molecule is CC(C)(C)c1ccc(C(=O)c2ccc(F)c(Cl)c2)s1. The van der Waals surface area contributed by atoms with Gasteiger partial charge in [-0.3, -0.25) is 4.79 Å². The summed E-state index contributed by atoms with van der Waals surface area (Å²) in [4.78, 5) is 14.1. The summed E-state index contributed by atoms with van der Waals surface area (Å²) in [6.45, 7) is 6.30. The average molecular weight is 297 g/mol. The lowest BCUT2D eigenvalue weighted by atomic mass is 9.95. The molecule has 100 valence electrons. The number of hydrogen-bond acceptors (Lipinski definition) is 2. The van der Waals surface area contributed by atoms with E-state index in [0.717, 1.165) is 4.88 Å². The molecular weight excluding hydrogens is 283 g/mol. The second-order valence-corrected chi connectivity index (χ2v) is 6.86. The van der Waals surface area contributed by atoms with E-state index in [1.165, 1.54) is 29.5 Å². The van der Waals surface area contributed by atoms with Crippen molar-refractivity contribution in [3.8, 4) is 0 Å². The van der Waals surface area contributed by atoms with Gasteiger partial charge >= 0.3 is 0 Å². The summed E-state index contributed by atoms with van der Waals surface area (Å²) in [6, 6.07) is 7.82. The minimum Gasteiger partial charge on any atom is -0.288 e. The lowest BCUT2D eigenvalue weighted by Gasteiger charge is -2.15. The lowest BCUT2D eigenvalue weighted by Crippen LogP contribution is -2.08. The topological polar surface area (TPSA) is 17.1 Å². The van der Waals surface area contributed by atoms with E-state index in [4.69, 9.17) is 11.6 Å². The zero-order valence-electron chi connectivity index (χ0n) is 11.0. The Morgan fingerprint density at radius 3 is 2.42 bits per heavy atom. The summed E-state index contributed by atoms with van der Waals surface area (Å²) in [5.74, 6) is -0.637. The Morgan fingerprint density at radius 2 is 1.89 bits per heavy atom. The van der Waals surface area contributed by atoms with Gasteiger partial charge in [0, 0.05) is 10.4 Å². The van der Waals surface area contributed by atoms with Crippen molar-refractivity contribution >= 4 is 28.7 Å². The fraction of sp³-hybridized carbons (Fsp3) is 0.267. The first-order valence-corrected chi connectivity index (χ1v) is 7.08. The maximum atomic E-state index is 13.1. The van der Waals surface area contributed by atoms with E-state index < -0.39 is 5.82 Å². The summed E-state index contributed by atoms with van der Waals surface area (Å²) < 4.78 is 13.1. The number of benzene rings is 1. The van der Waals surface area contributed by atoms with Crippen LogP contribution in [0.2, 0.25) is 5.02 Å². The molecule has 0 aliphatic carbocycles. The number of thiophene rings is 1. The van der Waals surface area contributed by atoms with Gasteiger partial charge in [0.1, 0.15) is 5.82 Å². The molecule has 0 saturated heterocycles. The minimum atomic E-state index is -0.514. The zero-order valence-corrected chi connectivity index (χ0v) is 12.5. The van der Waals surface area contributed by atoms with Gasteiger partial charge in [-0.2, -0.15) is 0 Å². The largest absolute Gasteiger partial charge is 0.288 e. The highest BCUT2D eigenvalue weighted by molar-refractivity contribution is 7.14. The van der Waals surface area contributed by atoms with Gasteiger partial charge in [-0.1, -0.05) is 32.4 Å². The van der Waals surface area contributed by atoms with Crippen LogP contribution in [0, 0.1) is 5.82 Å². The fourth-order valence-corrected chi connectivity index (χ4v) is 2.85. The van der Waals surface area contributed by atoms with Gasteiger partial charge in [-0.15, -0.1) is 11.3 Å². The Labute approximate surface area is 121 Å². The molecule has 0 aliphatic rings. The molecule has 0 atom stereocenters. The first-order chi connectivity index (χ1) is 8.79. The maximum Gasteiger partial charge on any atom is 0.203 e. The summed E-state index contributed by atoms with van der Waals surface area (Å²) in [6.07, 6.45) is 0. The highest BCUT2D eigenvalue weighted by Gasteiger charge is 2.19. The van der Waals surface area contributed by atoms with E-state index >= 15 is 0 Å². The summed E-state index contributed by atoms with van der Waals surface area (Å²) in [5.41, 5.74) is 0.428. The van der Waals surface area contributed by atoms with Crippen LogP contribution >= 0.6 is 22.9 Å². The molecule has 2 rings (SSSR count). The third-order valence-electron chi connectivity index (χ3n) is 2.75. The van der Waals surface area contributed by atoms with Gasteiger partial charge in [-0.05, 0) is 35.7 Å². The quantitative estimate of drug-likeness (QED) is 0.707. The number of halogens is 2. The van der Waals surface area contributed by atoms with Crippen molar-refractivity contribution < 1.29 is 9.18 Å². The Morgan fingerprint density at radius 1 is 1.21 bits per heavy atom. The summed E-state index contributed by atoms with van der Waals surface area (Å²) in [5, 5.41) is -0.0292. The molecule has 2 aromatic rings. The molecule has 0 unspecified atom stereocenters. The predicted octanol–water partition coefficient (Wildman–Crippen LogP) is 5.07. The molecule has 0 bridgehead atoms. The van der Waals surface area contributed by atoms with Crippen LogP contribution in [-0.4, -0.2) is 5.78 Å². The molecule has 1 heterocycles. The fourth-order valence-electron chi connectivity index (χ4n) is 1.64. The van der Waals surface area contributed by atoms with Crippen LogP contribution in [0.4, 0.5) is 4.39 Å². The first-order valence-electron chi connectivity index (χ1n) is 5.89. The van der Waals surface area contributed by atoms with Crippen molar-refractivity contribution in [2.45, 2.75) is 26.2 Å². The van der Waals surface area contributed by atoms with Crippen LogP contribution in [-0.2, 0) is 5.41 Å². The van der Waals surface area contributed by atoms with E-state index in [1.54, 1.807) is 0 Å². The van der Waals surface area contributed by atoms with E-state index in [9.17, 15) is 9.18 Å². The Hall–Kier alpha value is -1.19. The highest BCUT2D eigenvalue weighted by Crippen LogP contribution is 2.31. The smallest absolute Gasteiger partial charge is 0.203 e. The van der Waals surface area contributed by atoms with Crippen molar-refractivity contribution in [3.63, 3.8) is 0 Å². The molecule has 0 spiro atoms. The van der Waals surface area contributed by atoms with Crippen molar-refractivity contribution in [1.29, 1.82) is 0 Å². The molecule has 0 amide bonds. The molecular formula is C15H14ClFOS. The molecule has 0 fully saturated rings. The second-order valence-electron chi connectivity index (χ2n) is 5.37. The Kier molecular flexibility index (Phi) is 3.79. The van der Waals surface area contributed by atoms with Crippen LogP contribution in [0.1, 0.15) is 40.9 Å². The lowest BCUT2D eigenvalue weighted by molar-refractivity contribution is 0.104. The van der Waals surface area contributed by atoms with Crippen LogP contribution in [0.25, 0.3) is 0 Å². The van der Waals surface area contributed by atoms with Crippen LogP contribution in [0.5, 0.6) is 0 Å². The van der Waals surface area contributed by atoms with Crippen LogP contribution < -0.4 is 0 Å². The molecule has 0 N–H and O–H groups in total. The van der Waals surface area contributed by atoms with E-state index in [-0.39, 0.29) is 16.2 Å². The van der Waals surface area contributed by atoms with Gasteiger partial charge in [-0.25, -0.2) is 4.39 Å². The summed E-state index contributed by atoms with van der Waals surface area (Å²) >= 11 is 7.17. The van der Waals surface area contributed by atoms with Crippen molar-refractivity contribution in [2.24, 2.45) is 0 Å². The normalized spacial score (nSPS) is 11.6. The van der Waals surface area contributed by atoms with E-state index in [1.807, 2.05) is 12.1 Å². The zero-order chi connectivity index (χ0) is 14.2. The number of carbonyl (C=O) groups is 1. The van der Waals surface area contributed by atoms with Crippen LogP contribution in [0.3, 0.4) is 0 Å². The number of hydrogen-bond donors (Lipinski definition) is 0. The highest BCUT2D eigenvalue weighted by atomic mass is 35.5. The van der Waals surface area contributed by atoms with E-state index in [0.29, 0.717) is 10.4 Å². The van der Waals surface area contributed by atoms with Gasteiger partial charge in [0.15, 0.2) is 0 Å². The number of carbonyl (C=O) groups excluding carboxylic acids is 1. The van der Waals surface area contributed by atoms with Gasteiger partial charge in [0.25, 0.3) is 0 Å². The van der Waals surface area contributed by atoms with Crippen LogP contribution in [0.15, 0.2) is 30.3 Å². The van der Waals surface area contributed by atoms with Crippen molar-refractivity contribution in [1.82, 2.24) is 0 Å². The van der Waals surface area contributed by atoms with Gasteiger partial charge in [0.2, 0.25) is 5.78 Å². The average Bonchev–Trinajstić information content (AvgIpc) is 2.81. The molecule has 4 heteroatoms. The number of rotatable bonds is 2. The van der Waals surface area contributed by atoms with Crippen molar-refractivity contribution in [2.75, 3.05) is 0 Å². The Balaban J connectivity index is 2.34. The third-order valence-corrected chi connectivity index (χ3v) is 4.55. The molecule has 19 heavy (non-hydrogen) atoms. The van der Waals surface area contributed by atoms with Gasteiger partial charge in [0.05, 0.1) is 9.90 Å². The minimum absolute atomic E-state index is 0.0175. The summed E-state index contributed by atoms with van der Waals surface area (Å²) in [7, 11) is 0. The monoisotopic (exact) mass is 296 g/mol. The molecule has 1 aromatic carbocycles. The number of ketones is 1.